The van der Waals surface area contributed by atoms with Crippen molar-refractivity contribution in [2.45, 2.75) is 27.2 Å². The summed E-state index contributed by atoms with van der Waals surface area (Å²) in [7, 11) is 0. The van der Waals surface area contributed by atoms with E-state index in [1.54, 1.807) is 6.07 Å². The van der Waals surface area contributed by atoms with E-state index in [9.17, 15) is 0 Å². The quantitative estimate of drug-likeness (QED) is 0.575. The van der Waals surface area contributed by atoms with Gasteiger partial charge in [-0.05, 0) is 11.2 Å². The normalized spacial score (nSPS) is 10.8. The van der Waals surface area contributed by atoms with Crippen LogP contribution in [0.2, 0.25) is 0 Å². The van der Waals surface area contributed by atoms with Crippen molar-refractivity contribution in [2.75, 3.05) is 0 Å². The molecule has 0 aliphatic carbocycles. The molecule has 1 rings (SSSR count). The van der Waals surface area contributed by atoms with Crippen LogP contribution in [0, 0.1) is 11.6 Å². The SMILES string of the molecule is CC(C)(C)Cc1c[c-]no1.[Rb+]. The first-order chi connectivity index (χ1) is 4.58. The average Bonchev–Trinajstić information content (AvgIpc) is 2.12. The summed E-state index contributed by atoms with van der Waals surface area (Å²) in [5, 5.41) is 3.51. The summed E-state index contributed by atoms with van der Waals surface area (Å²) in [5.41, 5.74) is 0.271. The largest absolute Gasteiger partial charge is 1.00 e. The van der Waals surface area contributed by atoms with E-state index in [1.807, 2.05) is 0 Å². The zero-order valence-corrected chi connectivity index (χ0v) is 12.6. The van der Waals surface area contributed by atoms with E-state index in [2.05, 4.69) is 32.1 Å². The first-order valence-electron chi connectivity index (χ1n) is 3.39. The van der Waals surface area contributed by atoms with E-state index in [0.717, 1.165) is 12.2 Å². The molecule has 1 aromatic heterocycles. The second-order valence-corrected chi connectivity index (χ2v) is 3.66. The standard InChI is InChI=1S/C8H12NO.Rb/c1-8(2,3)6-7-4-5-9-10-7;/h4H,6H2,1-3H3;/q-1;+1. The summed E-state index contributed by atoms with van der Waals surface area (Å²) in [5.74, 6) is 0.910. The van der Waals surface area contributed by atoms with Crippen molar-refractivity contribution in [2.24, 2.45) is 5.41 Å². The predicted molar refractivity (Wildman–Crippen MR) is 38.5 cm³/mol. The summed E-state index contributed by atoms with van der Waals surface area (Å²) in [6.07, 6.45) is 3.56. The Labute approximate surface area is 117 Å². The minimum atomic E-state index is 0. The zero-order valence-electron chi connectivity index (χ0n) is 7.64. The third-order valence-electron chi connectivity index (χ3n) is 1.15. The van der Waals surface area contributed by atoms with Gasteiger partial charge >= 0.3 is 58.2 Å². The molecule has 0 atom stereocenters. The Morgan fingerprint density at radius 2 is 2.18 bits per heavy atom. The molecule has 3 heteroatoms. The van der Waals surface area contributed by atoms with Gasteiger partial charge in [0.15, 0.2) is 0 Å². The average molecular weight is 224 g/mol. The van der Waals surface area contributed by atoms with Crippen molar-refractivity contribution in [1.29, 1.82) is 0 Å². The molecule has 0 aliphatic heterocycles. The molecule has 0 fully saturated rings. The molecule has 0 saturated carbocycles. The van der Waals surface area contributed by atoms with Gasteiger partial charge in [-0.15, -0.1) is 6.20 Å². The molecule has 0 aliphatic rings. The van der Waals surface area contributed by atoms with Crippen molar-refractivity contribution in [3.8, 4) is 0 Å². The van der Waals surface area contributed by atoms with Crippen LogP contribution in [-0.2, 0) is 6.42 Å². The van der Waals surface area contributed by atoms with Crippen LogP contribution in [0.15, 0.2) is 10.6 Å². The van der Waals surface area contributed by atoms with E-state index in [0.29, 0.717) is 0 Å². The molecule has 0 aromatic carbocycles. The monoisotopic (exact) mass is 223 g/mol. The van der Waals surface area contributed by atoms with Crippen LogP contribution >= 0.6 is 0 Å². The minimum Gasteiger partial charge on any atom is -0.470 e. The molecule has 0 unspecified atom stereocenters. The maximum absolute atomic E-state index is 4.90. The Bertz CT molecular complexity index is 188. The Hall–Kier alpha value is 1.02. The Morgan fingerprint density at radius 1 is 1.55 bits per heavy atom. The van der Waals surface area contributed by atoms with Gasteiger partial charge in [-0.2, -0.15) is 6.07 Å². The van der Waals surface area contributed by atoms with Gasteiger partial charge in [0.05, 0.1) is 0 Å². The van der Waals surface area contributed by atoms with E-state index in [1.165, 1.54) is 0 Å². The van der Waals surface area contributed by atoms with Crippen molar-refractivity contribution in [3.05, 3.63) is 18.0 Å². The second-order valence-electron chi connectivity index (χ2n) is 3.66. The summed E-state index contributed by atoms with van der Waals surface area (Å²) in [6, 6.07) is 1.78. The van der Waals surface area contributed by atoms with Gasteiger partial charge in [-0.1, -0.05) is 27.2 Å². The third-order valence-corrected chi connectivity index (χ3v) is 1.15. The number of rotatable bonds is 1. The molecule has 1 heterocycles. The summed E-state index contributed by atoms with van der Waals surface area (Å²) < 4.78 is 4.90. The van der Waals surface area contributed by atoms with Crippen molar-refractivity contribution >= 4 is 0 Å². The molecular formula is C8H12NORb. The molecule has 2 nitrogen and oxygen atoms in total. The Kier molecular flexibility index (Phi) is 5.35. The number of hydrogen-bond donors (Lipinski definition) is 0. The van der Waals surface area contributed by atoms with Gasteiger partial charge in [0, 0.05) is 0 Å². The fourth-order valence-electron chi connectivity index (χ4n) is 0.816. The van der Waals surface area contributed by atoms with Gasteiger partial charge in [0.2, 0.25) is 0 Å². The topological polar surface area (TPSA) is 26.0 Å². The third kappa shape index (κ3) is 5.28. The molecule has 0 saturated heterocycles. The predicted octanol–water partition coefficient (Wildman–Crippen LogP) is -0.933. The van der Waals surface area contributed by atoms with Crippen molar-refractivity contribution < 1.29 is 62.7 Å². The molecule has 11 heavy (non-hydrogen) atoms. The van der Waals surface area contributed by atoms with Crippen LogP contribution in [0.3, 0.4) is 0 Å². The number of hydrogen-bond acceptors (Lipinski definition) is 2. The molecule has 0 N–H and O–H groups in total. The maximum Gasteiger partial charge on any atom is 1.00 e. The maximum atomic E-state index is 4.90. The zero-order chi connectivity index (χ0) is 7.61. The first kappa shape index (κ1) is 12.0. The second kappa shape index (κ2) is 4.90. The number of nitrogens with zero attached hydrogens (tertiary/aromatic N) is 1. The fraction of sp³-hybridized carbons (Fsp3) is 0.625. The summed E-state index contributed by atoms with van der Waals surface area (Å²) in [6.45, 7) is 6.49. The minimum absolute atomic E-state index is 0. The Balaban J connectivity index is 0.000001000. The molecule has 56 valence electrons. The molecular weight excluding hydrogens is 212 g/mol. The fourth-order valence-corrected chi connectivity index (χ4v) is 0.816. The van der Waals surface area contributed by atoms with Crippen LogP contribution in [-0.4, -0.2) is 5.16 Å². The van der Waals surface area contributed by atoms with Crippen molar-refractivity contribution in [3.63, 3.8) is 0 Å². The van der Waals surface area contributed by atoms with Crippen molar-refractivity contribution in [1.82, 2.24) is 5.16 Å². The van der Waals surface area contributed by atoms with Crippen LogP contribution in [0.5, 0.6) is 0 Å². The van der Waals surface area contributed by atoms with Crippen LogP contribution in [0.1, 0.15) is 26.5 Å². The van der Waals surface area contributed by atoms with Crippen LogP contribution in [0.4, 0.5) is 0 Å². The molecule has 1 aromatic rings. The molecule has 0 radical (unpaired) electrons. The summed E-state index contributed by atoms with van der Waals surface area (Å²) in [4.78, 5) is 0. The van der Waals surface area contributed by atoms with Crippen LogP contribution < -0.4 is 58.2 Å². The van der Waals surface area contributed by atoms with Crippen LogP contribution in [0.25, 0.3) is 0 Å². The van der Waals surface area contributed by atoms with E-state index in [-0.39, 0.29) is 63.6 Å². The van der Waals surface area contributed by atoms with E-state index in [4.69, 9.17) is 4.52 Å². The first-order valence-corrected chi connectivity index (χ1v) is 3.39. The molecule has 0 amide bonds. The van der Waals surface area contributed by atoms with E-state index >= 15 is 0 Å². The summed E-state index contributed by atoms with van der Waals surface area (Å²) >= 11 is 0. The van der Waals surface area contributed by atoms with Gasteiger partial charge in [0.25, 0.3) is 0 Å². The van der Waals surface area contributed by atoms with E-state index < -0.39 is 0 Å². The number of aromatic nitrogens is 1. The van der Waals surface area contributed by atoms with Gasteiger partial charge in [0.1, 0.15) is 0 Å². The Morgan fingerprint density at radius 3 is 2.55 bits per heavy atom. The smallest absolute Gasteiger partial charge is 0.470 e. The van der Waals surface area contributed by atoms with Gasteiger partial charge in [-0.3, -0.25) is 0 Å². The molecule has 0 spiro atoms. The molecule has 0 bridgehead atoms. The van der Waals surface area contributed by atoms with Gasteiger partial charge < -0.3 is 4.52 Å². The van der Waals surface area contributed by atoms with Gasteiger partial charge in [-0.25, -0.2) is 5.16 Å².